The molecule has 0 saturated carbocycles. The van der Waals surface area contributed by atoms with Gasteiger partial charge < -0.3 is 9.11 Å². The molecule has 0 saturated heterocycles. The summed E-state index contributed by atoms with van der Waals surface area (Å²) >= 11 is -5.12. The predicted molar refractivity (Wildman–Crippen MR) is 36.5 cm³/mol. The van der Waals surface area contributed by atoms with E-state index in [0.717, 1.165) is 0 Å². The average molecular weight is 184 g/mol. The van der Waals surface area contributed by atoms with Crippen LogP contribution in [0.15, 0.2) is 0 Å². The van der Waals surface area contributed by atoms with Gasteiger partial charge in [0.15, 0.2) is 0 Å². The molecule has 0 spiro atoms. The minimum Gasteiger partial charge on any atom is -0.771 e. The van der Waals surface area contributed by atoms with Crippen molar-refractivity contribution in [2.24, 2.45) is 0 Å². The Morgan fingerprint density at radius 2 is 1.60 bits per heavy atom. The van der Waals surface area contributed by atoms with Crippen molar-refractivity contribution >= 4 is 22.2 Å². The predicted octanol–water partition coefficient (Wildman–Crippen LogP) is -0.129. The standard InChI is InChI=1S/C4H10O4S2/c1-3-4(2,9(5)6)10(7)8/h3H2,1-2H3,(H,5,6)(H,7,8)/p-2. The minimum absolute atomic E-state index is 0.0687. The molecule has 0 bridgehead atoms. The Bertz CT molecular complexity index is 153. The second-order valence-electron chi connectivity index (χ2n) is 1.96. The number of hydrogen-bond donors (Lipinski definition) is 0. The summed E-state index contributed by atoms with van der Waals surface area (Å²) in [6.45, 7) is 2.67. The van der Waals surface area contributed by atoms with Crippen LogP contribution in [0.2, 0.25) is 0 Å². The molecule has 0 aromatic heterocycles. The van der Waals surface area contributed by atoms with Gasteiger partial charge in [0.25, 0.3) is 0 Å². The second kappa shape index (κ2) is 3.56. The molecule has 0 aliphatic rings. The Hall–Kier alpha value is 0.220. The van der Waals surface area contributed by atoms with Crippen LogP contribution in [0.25, 0.3) is 0 Å². The summed E-state index contributed by atoms with van der Waals surface area (Å²) in [7, 11) is 0. The highest BCUT2D eigenvalue weighted by atomic mass is 32.3. The summed E-state index contributed by atoms with van der Waals surface area (Å²) in [4.78, 5) is 0. The Labute approximate surface area is 64.6 Å². The Kier molecular flexibility index (Phi) is 3.64. The summed E-state index contributed by atoms with van der Waals surface area (Å²) in [5.41, 5.74) is 0. The fourth-order valence-electron chi connectivity index (χ4n) is 0.291. The van der Waals surface area contributed by atoms with Crippen LogP contribution >= 0.6 is 0 Å². The number of hydrogen-bond acceptors (Lipinski definition) is 4. The molecule has 0 amide bonds. The highest BCUT2D eigenvalue weighted by molar-refractivity contribution is 7.98. The van der Waals surface area contributed by atoms with E-state index in [1.54, 1.807) is 0 Å². The van der Waals surface area contributed by atoms with Crippen molar-refractivity contribution < 1.29 is 17.5 Å². The first-order valence-corrected chi connectivity index (χ1v) is 4.79. The molecule has 10 heavy (non-hydrogen) atoms. The molecule has 0 radical (unpaired) electrons. The molecule has 62 valence electrons. The van der Waals surface area contributed by atoms with E-state index in [1.807, 2.05) is 0 Å². The molecule has 0 N–H and O–H groups in total. The molecule has 0 fully saturated rings. The van der Waals surface area contributed by atoms with Crippen LogP contribution in [0.3, 0.4) is 0 Å². The van der Waals surface area contributed by atoms with Crippen molar-refractivity contribution in [1.82, 2.24) is 0 Å². The molecule has 4 nitrogen and oxygen atoms in total. The molecule has 0 aliphatic carbocycles. The van der Waals surface area contributed by atoms with Gasteiger partial charge in [-0.05, 0) is 35.5 Å². The first kappa shape index (κ1) is 10.2. The van der Waals surface area contributed by atoms with E-state index in [1.165, 1.54) is 13.8 Å². The van der Waals surface area contributed by atoms with E-state index in [0.29, 0.717) is 0 Å². The van der Waals surface area contributed by atoms with E-state index in [4.69, 9.17) is 0 Å². The van der Waals surface area contributed by atoms with Crippen molar-refractivity contribution in [2.75, 3.05) is 0 Å². The average Bonchev–Trinajstić information content (AvgIpc) is 1.85. The van der Waals surface area contributed by atoms with Gasteiger partial charge in [-0.25, -0.2) is 0 Å². The summed E-state index contributed by atoms with van der Waals surface area (Å²) in [6, 6.07) is 0. The third-order valence-corrected chi connectivity index (χ3v) is 4.15. The van der Waals surface area contributed by atoms with Crippen molar-refractivity contribution in [3.63, 3.8) is 0 Å². The van der Waals surface area contributed by atoms with Crippen LogP contribution in [0, 0.1) is 0 Å². The van der Waals surface area contributed by atoms with Crippen molar-refractivity contribution in [3.05, 3.63) is 0 Å². The van der Waals surface area contributed by atoms with E-state index >= 15 is 0 Å². The molecule has 2 unspecified atom stereocenters. The maximum Gasteiger partial charge on any atom is 0.0913 e. The summed E-state index contributed by atoms with van der Waals surface area (Å²) in [5, 5.41) is 0. The Morgan fingerprint density at radius 1 is 1.30 bits per heavy atom. The van der Waals surface area contributed by atoms with Crippen molar-refractivity contribution in [1.29, 1.82) is 0 Å². The van der Waals surface area contributed by atoms with Gasteiger partial charge in [0.1, 0.15) is 0 Å². The van der Waals surface area contributed by atoms with Gasteiger partial charge in [-0.2, -0.15) is 0 Å². The van der Waals surface area contributed by atoms with Gasteiger partial charge in [-0.1, -0.05) is 6.92 Å². The highest BCUT2D eigenvalue weighted by Gasteiger charge is 2.24. The maximum absolute atomic E-state index is 10.3. The Balaban J connectivity index is 4.55. The maximum atomic E-state index is 10.3. The molecule has 0 rings (SSSR count). The first-order chi connectivity index (χ1) is 4.45. The van der Waals surface area contributed by atoms with Crippen LogP contribution in [-0.2, 0) is 22.2 Å². The first-order valence-electron chi connectivity index (χ1n) is 2.64. The second-order valence-corrected chi connectivity index (χ2v) is 4.96. The normalized spacial score (nSPS) is 23.2. The molecular weight excluding hydrogens is 176 g/mol. The fourth-order valence-corrected chi connectivity index (χ4v) is 1.21. The molecule has 0 aliphatic heterocycles. The van der Waals surface area contributed by atoms with E-state index < -0.39 is 26.2 Å². The van der Waals surface area contributed by atoms with Gasteiger partial charge in [-0.3, -0.25) is 8.42 Å². The van der Waals surface area contributed by atoms with Crippen LogP contribution in [0.4, 0.5) is 0 Å². The third-order valence-electron chi connectivity index (χ3n) is 1.35. The van der Waals surface area contributed by atoms with E-state index in [9.17, 15) is 17.5 Å². The molecule has 0 aromatic carbocycles. The lowest BCUT2D eigenvalue weighted by atomic mass is 10.4. The SMILES string of the molecule is CCC(C)(S(=O)[O-])S(=O)[O-]. The molecule has 0 heterocycles. The van der Waals surface area contributed by atoms with Crippen molar-refractivity contribution in [2.45, 2.75) is 24.3 Å². The molecule has 6 heteroatoms. The van der Waals surface area contributed by atoms with Crippen LogP contribution in [0.5, 0.6) is 0 Å². The van der Waals surface area contributed by atoms with E-state index in [2.05, 4.69) is 0 Å². The lowest BCUT2D eigenvalue weighted by molar-refractivity contribution is 0.484. The quantitative estimate of drug-likeness (QED) is 0.572. The minimum atomic E-state index is -2.56. The van der Waals surface area contributed by atoms with Gasteiger partial charge >= 0.3 is 0 Å². The molecular formula is C4H8O4S2-2. The number of rotatable bonds is 3. The summed E-state index contributed by atoms with van der Waals surface area (Å²) < 4.78 is 39.6. The zero-order valence-electron chi connectivity index (χ0n) is 5.66. The van der Waals surface area contributed by atoms with Crippen molar-refractivity contribution in [3.8, 4) is 0 Å². The van der Waals surface area contributed by atoms with E-state index in [-0.39, 0.29) is 6.42 Å². The van der Waals surface area contributed by atoms with Gasteiger partial charge in [-0.15, -0.1) is 0 Å². The summed E-state index contributed by atoms with van der Waals surface area (Å²) in [6.07, 6.45) is 0.0687. The smallest absolute Gasteiger partial charge is 0.0913 e. The zero-order chi connectivity index (χ0) is 8.36. The lowest BCUT2D eigenvalue weighted by Crippen LogP contribution is -2.34. The van der Waals surface area contributed by atoms with Crippen LogP contribution < -0.4 is 0 Å². The Morgan fingerprint density at radius 3 is 1.60 bits per heavy atom. The molecule has 2 atom stereocenters. The van der Waals surface area contributed by atoms with Crippen LogP contribution in [0.1, 0.15) is 20.3 Å². The topological polar surface area (TPSA) is 80.3 Å². The van der Waals surface area contributed by atoms with Gasteiger partial charge in [0.2, 0.25) is 0 Å². The fraction of sp³-hybridized carbons (Fsp3) is 1.00. The van der Waals surface area contributed by atoms with Gasteiger partial charge in [0, 0.05) is 0 Å². The summed E-state index contributed by atoms with van der Waals surface area (Å²) in [5.74, 6) is 0. The monoisotopic (exact) mass is 184 g/mol. The van der Waals surface area contributed by atoms with Crippen LogP contribution in [-0.4, -0.2) is 21.6 Å². The zero-order valence-corrected chi connectivity index (χ0v) is 7.29. The molecule has 0 aromatic rings. The third kappa shape index (κ3) is 1.85. The van der Waals surface area contributed by atoms with Gasteiger partial charge in [0.05, 0.1) is 4.08 Å². The largest absolute Gasteiger partial charge is 0.771 e. The lowest BCUT2D eigenvalue weighted by Gasteiger charge is -2.32. The highest BCUT2D eigenvalue weighted by Crippen LogP contribution is 2.19.